The molecule has 1 amide bonds. The Balaban J connectivity index is 1.57. The zero-order chi connectivity index (χ0) is 26.8. The first-order chi connectivity index (χ1) is 17.8. The lowest BCUT2D eigenvalue weighted by molar-refractivity contribution is -0.121. The van der Waals surface area contributed by atoms with E-state index < -0.39 is 6.09 Å². The molecule has 2 aromatic carbocycles. The van der Waals surface area contributed by atoms with Crippen molar-refractivity contribution < 1.29 is 38.8 Å². The fourth-order valence-electron chi connectivity index (χ4n) is 3.61. The number of ether oxygens (including phenoxy) is 3. The number of piperazine rings is 1. The number of carbonyl (C=O) groups is 3. The van der Waals surface area contributed by atoms with Gasteiger partial charge in [-0.1, -0.05) is 24.3 Å². The van der Waals surface area contributed by atoms with Crippen LogP contribution in [0.5, 0.6) is 23.0 Å². The van der Waals surface area contributed by atoms with Gasteiger partial charge in [-0.15, -0.1) is 0 Å². The van der Waals surface area contributed by atoms with Crippen LogP contribution in [0.1, 0.15) is 17.5 Å². The summed E-state index contributed by atoms with van der Waals surface area (Å²) >= 11 is 0. The number of phenolic OH excluding ortho intramolecular Hbond substituents is 1. The monoisotopic (exact) mass is 510 g/mol. The van der Waals surface area contributed by atoms with Crippen LogP contribution in [0.25, 0.3) is 12.2 Å². The highest BCUT2D eigenvalue weighted by atomic mass is 16.6. The Bertz CT molecular complexity index is 1190. The van der Waals surface area contributed by atoms with E-state index in [0.29, 0.717) is 36.5 Å². The number of rotatable bonds is 10. The zero-order valence-corrected chi connectivity index (χ0v) is 20.7. The number of aliphatic hydroxyl groups is 1. The van der Waals surface area contributed by atoms with Gasteiger partial charge in [0, 0.05) is 25.7 Å². The summed E-state index contributed by atoms with van der Waals surface area (Å²) in [7, 11) is 2.86. The first-order valence-corrected chi connectivity index (χ1v) is 11.6. The number of aliphatic hydroxyl groups excluding tert-OH is 1. The second-order valence-corrected chi connectivity index (χ2v) is 8.27. The molecule has 196 valence electrons. The molecule has 1 aliphatic heterocycles. The van der Waals surface area contributed by atoms with Crippen LogP contribution in [0.4, 0.5) is 4.79 Å². The zero-order valence-electron chi connectivity index (χ0n) is 20.7. The summed E-state index contributed by atoms with van der Waals surface area (Å²) < 4.78 is 15.8. The predicted octanol–water partition coefficient (Wildman–Crippen LogP) is 2.43. The topological polar surface area (TPSA) is 135 Å². The molecule has 2 aromatic rings. The van der Waals surface area contributed by atoms with Gasteiger partial charge in [0.1, 0.15) is 0 Å². The number of nitrogens with zero attached hydrogens (tertiary/aromatic N) is 1. The van der Waals surface area contributed by atoms with E-state index in [9.17, 15) is 24.6 Å². The third-order valence-corrected chi connectivity index (χ3v) is 5.59. The summed E-state index contributed by atoms with van der Waals surface area (Å²) in [5.41, 5.74) is 1.26. The lowest BCUT2D eigenvalue weighted by Gasteiger charge is -2.32. The van der Waals surface area contributed by atoms with Gasteiger partial charge in [0.2, 0.25) is 0 Å². The van der Waals surface area contributed by atoms with E-state index in [4.69, 9.17) is 14.2 Å². The summed E-state index contributed by atoms with van der Waals surface area (Å²) in [4.78, 5) is 38.4. The average molecular weight is 511 g/mol. The highest BCUT2D eigenvalue weighted by Crippen LogP contribution is 2.29. The van der Waals surface area contributed by atoms with E-state index in [1.165, 1.54) is 43.4 Å². The average Bonchev–Trinajstić information content (AvgIpc) is 2.91. The van der Waals surface area contributed by atoms with Gasteiger partial charge in [-0.05, 0) is 47.5 Å². The number of amides is 1. The lowest BCUT2D eigenvalue weighted by atomic mass is 10.1. The van der Waals surface area contributed by atoms with Crippen LogP contribution >= 0.6 is 0 Å². The van der Waals surface area contributed by atoms with Crippen molar-refractivity contribution in [2.45, 2.75) is 12.5 Å². The van der Waals surface area contributed by atoms with E-state index in [1.54, 1.807) is 36.4 Å². The molecule has 10 nitrogen and oxygen atoms in total. The molecule has 3 rings (SSSR count). The van der Waals surface area contributed by atoms with Crippen LogP contribution in [0.2, 0.25) is 0 Å². The van der Waals surface area contributed by atoms with E-state index in [0.717, 1.165) is 0 Å². The summed E-state index contributed by atoms with van der Waals surface area (Å²) in [5, 5.41) is 22.0. The molecule has 10 heteroatoms. The minimum absolute atomic E-state index is 0.00939. The quantitative estimate of drug-likeness (QED) is 0.325. The van der Waals surface area contributed by atoms with Crippen molar-refractivity contribution in [3.8, 4) is 23.0 Å². The van der Waals surface area contributed by atoms with Crippen LogP contribution in [0.3, 0.4) is 0 Å². The van der Waals surface area contributed by atoms with E-state index >= 15 is 0 Å². The van der Waals surface area contributed by atoms with Crippen LogP contribution in [-0.4, -0.2) is 79.3 Å². The van der Waals surface area contributed by atoms with Crippen molar-refractivity contribution in [2.75, 3.05) is 40.5 Å². The number of hydrogen-bond donors (Lipinski definition) is 3. The number of hydrogen-bond acceptors (Lipinski definition) is 9. The molecule has 1 atom stereocenters. The van der Waals surface area contributed by atoms with Crippen LogP contribution in [-0.2, 0) is 9.59 Å². The SMILES string of the molecule is COc1cc(C=CC(=O)CC(=O)C=Cc2ccc(OC(=O)N3CCNC(CO)C3)c(OC)c2)ccc1O. The molecular formula is C27H30N2O8. The highest BCUT2D eigenvalue weighted by molar-refractivity contribution is 6.10. The smallest absolute Gasteiger partial charge is 0.415 e. The molecule has 0 spiro atoms. The number of aromatic hydroxyl groups is 1. The molecule has 1 saturated heterocycles. The van der Waals surface area contributed by atoms with Crippen molar-refractivity contribution in [3.63, 3.8) is 0 Å². The van der Waals surface area contributed by atoms with E-state index in [-0.39, 0.29) is 47.9 Å². The molecule has 1 unspecified atom stereocenters. The normalized spacial score (nSPS) is 15.6. The number of carbonyl (C=O) groups excluding carboxylic acids is 3. The lowest BCUT2D eigenvalue weighted by Crippen LogP contribution is -2.54. The van der Waals surface area contributed by atoms with Crippen LogP contribution < -0.4 is 19.5 Å². The first kappa shape index (κ1) is 27.4. The molecule has 1 heterocycles. The molecule has 0 saturated carbocycles. The number of phenols is 1. The number of allylic oxidation sites excluding steroid dienone is 2. The third-order valence-electron chi connectivity index (χ3n) is 5.59. The Morgan fingerprint density at radius 1 is 0.973 bits per heavy atom. The number of ketones is 2. The Hall–Kier alpha value is -4.15. The largest absolute Gasteiger partial charge is 0.504 e. The molecular weight excluding hydrogens is 480 g/mol. The van der Waals surface area contributed by atoms with Gasteiger partial charge < -0.3 is 34.6 Å². The molecule has 1 aliphatic rings. The van der Waals surface area contributed by atoms with Crippen molar-refractivity contribution in [1.29, 1.82) is 0 Å². The Labute approximate surface area is 214 Å². The number of nitrogens with one attached hydrogen (secondary N) is 1. The maximum Gasteiger partial charge on any atom is 0.415 e. The van der Waals surface area contributed by atoms with Gasteiger partial charge >= 0.3 is 6.09 Å². The molecule has 1 fully saturated rings. The second-order valence-electron chi connectivity index (χ2n) is 8.27. The van der Waals surface area contributed by atoms with Gasteiger partial charge in [-0.2, -0.15) is 0 Å². The molecule has 0 radical (unpaired) electrons. The molecule has 0 bridgehead atoms. The second kappa shape index (κ2) is 13.2. The third kappa shape index (κ3) is 7.92. The van der Waals surface area contributed by atoms with Gasteiger partial charge in [0.15, 0.2) is 34.6 Å². The van der Waals surface area contributed by atoms with Crippen LogP contribution in [0, 0.1) is 0 Å². The predicted molar refractivity (Wildman–Crippen MR) is 137 cm³/mol. The standard InChI is InChI=1S/C27H30N2O8/c1-35-25-13-18(5-9-23(25)33)3-7-21(31)15-22(32)8-4-19-6-10-24(26(14-19)36-2)37-27(34)29-12-11-28-20(16-29)17-30/h3-10,13-14,20,28,30,33H,11-12,15-17H2,1-2H3. The molecule has 3 N–H and O–H groups in total. The van der Waals surface area contributed by atoms with Crippen LogP contribution in [0.15, 0.2) is 48.6 Å². The van der Waals surface area contributed by atoms with E-state index in [2.05, 4.69) is 5.32 Å². The fourth-order valence-corrected chi connectivity index (χ4v) is 3.61. The summed E-state index contributed by atoms with van der Waals surface area (Å²) in [6.45, 7) is 1.26. The van der Waals surface area contributed by atoms with Gasteiger partial charge in [0.05, 0.1) is 27.2 Å². The molecule has 0 aliphatic carbocycles. The minimum Gasteiger partial charge on any atom is -0.504 e. The highest BCUT2D eigenvalue weighted by Gasteiger charge is 2.25. The van der Waals surface area contributed by atoms with Gasteiger partial charge in [-0.3, -0.25) is 9.59 Å². The maximum absolute atomic E-state index is 12.5. The molecule has 37 heavy (non-hydrogen) atoms. The number of methoxy groups -OCH3 is 2. The van der Waals surface area contributed by atoms with E-state index in [1.807, 2.05) is 0 Å². The van der Waals surface area contributed by atoms with Crippen molar-refractivity contribution >= 4 is 29.8 Å². The van der Waals surface area contributed by atoms with Crippen molar-refractivity contribution in [3.05, 3.63) is 59.7 Å². The summed E-state index contributed by atoms with van der Waals surface area (Å²) in [6.07, 6.45) is 4.82. The van der Waals surface area contributed by atoms with Crippen molar-refractivity contribution in [1.82, 2.24) is 10.2 Å². The maximum atomic E-state index is 12.5. The fraction of sp³-hybridized carbons (Fsp3) is 0.296. The Kier molecular flexibility index (Phi) is 9.82. The first-order valence-electron chi connectivity index (χ1n) is 11.6. The minimum atomic E-state index is -0.547. The Morgan fingerprint density at radius 2 is 1.59 bits per heavy atom. The van der Waals surface area contributed by atoms with Crippen molar-refractivity contribution in [2.24, 2.45) is 0 Å². The number of benzene rings is 2. The Morgan fingerprint density at radius 3 is 2.22 bits per heavy atom. The summed E-state index contributed by atoms with van der Waals surface area (Å²) in [5.74, 6) is 0.0394. The van der Waals surface area contributed by atoms with Gasteiger partial charge in [0.25, 0.3) is 0 Å². The van der Waals surface area contributed by atoms with Gasteiger partial charge in [-0.25, -0.2) is 4.79 Å². The summed E-state index contributed by atoms with van der Waals surface area (Å²) in [6, 6.07) is 9.27. The molecule has 0 aromatic heterocycles.